The number of hydrogen-bond donors (Lipinski definition) is 1. The average Bonchev–Trinajstić information content (AvgIpc) is 2.85. The van der Waals surface area contributed by atoms with Crippen LogP contribution in [-0.2, 0) is 4.74 Å². The molecule has 1 aromatic carbocycles. The normalized spacial score (nSPS) is 31.6. The van der Waals surface area contributed by atoms with Gasteiger partial charge in [-0.25, -0.2) is 4.39 Å². The molecule has 2 nitrogen and oxygen atoms in total. The molecule has 0 amide bonds. The second-order valence-corrected chi connectivity index (χ2v) is 7.28. The number of halogens is 1. The van der Waals surface area contributed by atoms with Crippen LogP contribution in [0.3, 0.4) is 0 Å². The zero-order valence-electron chi connectivity index (χ0n) is 11.9. The van der Waals surface area contributed by atoms with Crippen LogP contribution in [0.25, 0.3) is 0 Å². The smallest absolute Gasteiger partial charge is 0.123 e. The van der Waals surface area contributed by atoms with Crippen LogP contribution in [0.15, 0.2) is 18.2 Å². The molecule has 2 saturated heterocycles. The van der Waals surface area contributed by atoms with Crippen molar-refractivity contribution in [3.8, 4) is 0 Å². The Labute approximate surface area is 124 Å². The van der Waals surface area contributed by atoms with Crippen LogP contribution >= 0.6 is 11.8 Å². The van der Waals surface area contributed by atoms with E-state index in [1.807, 2.05) is 24.8 Å². The SMILES string of the molecule is Cc1cc(F)cc(C(N)C2CCOC3(CCSC3)C2)c1. The molecule has 1 spiro atoms. The van der Waals surface area contributed by atoms with E-state index >= 15 is 0 Å². The minimum absolute atomic E-state index is 0.0353. The third-order valence-corrected chi connectivity index (χ3v) is 5.78. The molecule has 2 aliphatic heterocycles. The van der Waals surface area contributed by atoms with Crippen molar-refractivity contribution in [1.82, 2.24) is 0 Å². The van der Waals surface area contributed by atoms with Gasteiger partial charge in [-0.1, -0.05) is 6.07 Å². The standard InChI is InChI=1S/C16H22FNOS/c1-11-6-13(8-14(17)7-11)15(18)12-2-4-19-16(9-12)3-5-20-10-16/h6-8,12,15H,2-5,9-10,18H2,1H3. The van der Waals surface area contributed by atoms with Crippen LogP contribution in [0, 0.1) is 18.7 Å². The van der Waals surface area contributed by atoms with Crippen molar-refractivity contribution >= 4 is 11.8 Å². The van der Waals surface area contributed by atoms with Crippen molar-refractivity contribution < 1.29 is 9.13 Å². The minimum Gasteiger partial charge on any atom is -0.374 e. The van der Waals surface area contributed by atoms with E-state index in [1.165, 1.54) is 5.75 Å². The van der Waals surface area contributed by atoms with Crippen LogP contribution in [0.4, 0.5) is 4.39 Å². The number of ether oxygens (including phenoxy) is 1. The van der Waals surface area contributed by atoms with E-state index in [2.05, 4.69) is 0 Å². The molecule has 1 aromatic rings. The van der Waals surface area contributed by atoms with Crippen molar-refractivity contribution in [3.05, 3.63) is 35.1 Å². The molecule has 0 bridgehead atoms. The first-order valence-electron chi connectivity index (χ1n) is 7.32. The maximum atomic E-state index is 13.6. The zero-order chi connectivity index (χ0) is 14.2. The summed E-state index contributed by atoms with van der Waals surface area (Å²) in [4.78, 5) is 0. The molecule has 3 unspecified atom stereocenters. The molecule has 2 N–H and O–H groups in total. The molecular weight excluding hydrogens is 273 g/mol. The fourth-order valence-corrected chi connectivity index (χ4v) is 4.84. The Kier molecular flexibility index (Phi) is 4.07. The molecule has 0 aliphatic carbocycles. The van der Waals surface area contributed by atoms with Crippen molar-refractivity contribution in [3.63, 3.8) is 0 Å². The maximum absolute atomic E-state index is 13.6. The number of nitrogens with two attached hydrogens (primary N) is 1. The lowest BCUT2D eigenvalue weighted by Gasteiger charge is -2.40. The first kappa shape index (κ1) is 14.4. The monoisotopic (exact) mass is 295 g/mol. The molecule has 0 radical (unpaired) electrons. The Morgan fingerprint density at radius 3 is 3.00 bits per heavy atom. The number of hydrogen-bond acceptors (Lipinski definition) is 3. The van der Waals surface area contributed by atoms with Gasteiger partial charge in [-0.15, -0.1) is 0 Å². The fraction of sp³-hybridized carbons (Fsp3) is 0.625. The maximum Gasteiger partial charge on any atom is 0.123 e. The molecule has 3 atom stereocenters. The average molecular weight is 295 g/mol. The topological polar surface area (TPSA) is 35.2 Å². The predicted octanol–water partition coefficient (Wildman–Crippen LogP) is 3.44. The van der Waals surface area contributed by atoms with E-state index in [4.69, 9.17) is 10.5 Å². The molecule has 2 heterocycles. The van der Waals surface area contributed by atoms with Crippen LogP contribution in [0.1, 0.15) is 36.4 Å². The van der Waals surface area contributed by atoms with Crippen molar-refractivity contribution in [1.29, 1.82) is 0 Å². The number of rotatable bonds is 2. The fourth-order valence-electron chi connectivity index (χ4n) is 3.46. The predicted molar refractivity (Wildman–Crippen MR) is 81.4 cm³/mol. The summed E-state index contributed by atoms with van der Waals surface area (Å²) in [6, 6.07) is 5.06. The van der Waals surface area contributed by atoms with Gasteiger partial charge in [0.15, 0.2) is 0 Å². The Morgan fingerprint density at radius 1 is 1.45 bits per heavy atom. The van der Waals surface area contributed by atoms with Crippen molar-refractivity contribution in [2.24, 2.45) is 11.7 Å². The van der Waals surface area contributed by atoms with E-state index in [9.17, 15) is 4.39 Å². The zero-order valence-corrected chi connectivity index (χ0v) is 12.7. The van der Waals surface area contributed by atoms with Gasteiger partial charge in [-0.3, -0.25) is 0 Å². The third kappa shape index (κ3) is 2.87. The Hall–Kier alpha value is -0.580. The molecule has 0 aromatic heterocycles. The van der Waals surface area contributed by atoms with Gasteiger partial charge in [0.05, 0.1) is 5.60 Å². The quantitative estimate of drug-likeness (QED) is 0.908. The van der Waals surface area contributed by atoms with Gasteiger partial charge >= 0.3 is 0 Å². The summed E-state index contributed by atoms with van der Waals surface area (Å²) >= 11 is 1.97. The molecular formula is C16H22FNOS. The van der Waals surface area contributed by atoms with Gasteiger partial charge in [0.25, 0.3) is 0 Å². The number of benzene rings is 1. The first-order chi connectivity index (χ1) is 9.58. The number of aryl methyl sites for hydroxylation is 1. The molecule has 2 fully saturated rings. The lowest BCUT2D eigenvalue weighted by Crippen LogP contribution is -2.42. The molecule has 4 heteroatoms. The lowest BCUT2D eigenvalue weighted by atomic mass is 9.79. The Morgan fingerprint density at radius 2 is 2.30 bits per heavy atom. The summed E-state index contributed by atoms with van der Waals surface area (Å²) in [5.41, 5.74) is 8.33. The molecule has 3 rings (SSSR count). The van der Waals surface area contributed by atoms with Gasteiger partial charge in [0, 0.05) is 18.4 Å². The largest absolute Gasteiger partial charge is 0.374 e. The first-order valence-corrected chi connectivity index (χ1v) is 8.48. The summed E-state index contributed by atoms with van der Waals surface area (Å²) < 4.78 is 19.6. The Bertz CT molecular complexity index is 467. The summed E-state index contributed by atoms with van der Waals surface area (Å²) in [6.45, 7) is 2.70. The highest BCUT2D eigenvalue weighted by atomic mass is 32.2. The van der Waals surface area contributed by atoms with E-state index in [0.29, 0.717) is 5.92 Å². The van der Waals surface area contributed by atoms with E-state index in [1.54, 1.807) is 12.1 Å². The molecule has 110 valence electrons. The molecule has 0 saturated carbocycles. The highest BCUT2D eigenvalue weighted by Crippen LogP contribution is 2.43. The van der Waals surface area contributed by atoms with Crippen molar-refractivity contribution in [2.75, 3.05) is 18.1 Å². The van der Waals surface area contributed by atoms with Crippen LogP contribution in [-0.4, -0.2) is 23.7 Å². The lowest BCUT2D eigenvalue weighted by molar-refractivity contribution is -0.0834. The second kappa shape index (κ2) is 5.66. The summed E-state index contributed by atoms with van der Waals surface area (Å²) in [7, 11) is 0. The van der Waals surface area contributed by atoms with E-state index in [-0.39, 0.29) is 17.5 Å². The minimum atomic E-state index is -0.186. The summed E-state index contributed by atoms with van der Waals surface area (Å²) in [6.07, 6.45) is 3.11. The van der Waals surface area contributed by atoms with Crippen LogP contribution in [0.2, 0.25) is 0 Å². The summed E-state index contributed by atoms with van der Waals surface area (Å²) in [5.74, 6) is 2.47. The van der Waals surface area contributed by atoms with Crippen LogP contribution < -0.4 is 5.73 Å². The van der Waals surface area contributed by atoms with Crippen molar-refractivity contribution in [2.45, 2.75) is 37.8 Å². The second-order valence-electron chi connectivity index (χ2n) is 6.17. The van der Waals surface area contributed by atoms with Gasteiger partial charge in [0.1, 0.15) is 5.82 Å². The van der Waals surface area contributed by atoms with Gasteiger partial charge in [0.2, 0.25) is 0 Å². The Balaban J connectivity index is 1.77. The molecule has 2 aliphatic rings. The van der Waals surface area contributed by atoms with Gasteiger partial charge in [-0.2, -0.15) is 11.8 Å². The highest BCUT2D eigenvalue weighted by molar-refractivity contribution is 7.99. The number of thioether (sulfide) groups is 1. The highest BCUT2D eigenvalue weighted by Gasteiger charge is 2.42. The van der Waals surface area contributed by atoms with Gasteiger partial charge in [-0.05, 0) is 61.1 Å². The third-order valence-electron chi connectivity index (χ3n) is 4.56. The summed E-state index contributed by atoms with van der Waals surface area (Å²) in [5, 5.41) is 0. The van der Waals surface area contributed by atoms with Gasteiger partial charge < -0.3 is 10.5 Å². The molecule has 20 heavy (non-hydrogen) atoms. The van der Waals surface area contributed by atoms with E-state index in [0.717, 1.165) is 42.7 Å². The van der Waals surface area contributed by atoms with E-state index < -0.39 is 0 Å². The van der Waals surface area contributed by atoms with Crippen LogP contribution in [0.5, 0.6) is 0 Å².